The standard InChI is InChI=1S/C17H16N2O3S/c1-4-21-17(20)14-11(3)13-15(18-9-19-16(13)23-14)22-12-7-5-10(2)6-8-12/h5-9H,4H2,1-3H3. The molecule has 0 aliphatic heterocycles. The summed E-state index contributed by atoms with van der Waals surface area (Å²) < 4.78 is 11.0. The van der Waals surface area contributed by atoms with Crippen LogP contribution in [-0.2, 0) is 4.74 Å². The Bertz CT molecular complexity index is 856. The van der Waals surface area contributed by atoms with Gasteiger partial charge in [0.15, 0.2) is 0 Å². The van der Waals surface area contributed by atoms with Crippen LogP contribution in [0.1, 0.15) is 27.7 Å². The first kappa shape index (κ1) is 15.4. The lowest BCUT2D eigenvalue weighted by atomic mass is 10.2. The number of ether oxygens (including phenoxy) is 2. The van der Waals surface area contributed by atoms with Crippen LogP contribution in [0.25, 0.3) is 10.2 Å². The number of aryl methyl sites for hydroxylation is 2. The van der Waals surface area contributed by atoms with Gasteiger partial charge in [-0.2, -0.15) is 0 Å². The predicted octanol–water partition coefficient (Wildman–Crippen LogP) is 4.28. The monoisotopic (exact) mass is 328 g/mol. The molecule has 3 rings (SSSR count). The van der Waals surface area contributed by atoms with Gasteiger partial charge >= 0.3 is 5.97 Å². The second-order valence-electron chi connectivity index (χ2n) is 5.05. The van der Waals surface area contributed by atoms with Gasteiger partial charge in [0.25, 0.3) is 0 Å². The minimum Gasteiger partial charge on any atom is -0.462 e. The maximum Gasteiger partial charge on any atom is 0.348 e. The first-order chi connectivity index (χ1) is 11.1. The molecule has 0 radical (unpaired) electrons. The predicted molar refractivity (Wildman–Crippen MR) is 89.4 cm³/mol. The van der Waals surface area contributed by atoms with Crippen LogP contribution in [0.3, 0.4) is 0 Å². The topological polar surface area (TPSA) is 61.3 Å². The third-order valence-corrected chi connectivity index (χ3v) is 4.57. The van der Waals surface area contributed by atoms with E-state index in [1.165, 1.54) is 17.7 Å². The van der Waals surface area contributed by atoms with Gasteiger partial charge in [-0.1, -0.05) is 17.7 Å². The lowest BCUT2D eigenvalue weighted by Gasteiger charge is -2.06. The molecule has 0 saturated heterocycles. The van der Waals surface area contributed by atoms with Crippen molar-refractivity contribution >= 4 is 27.5 Å². The number of hydrogen-bond donors (Lipinski definition) is 0. The van der Waals surface area contributed by atoms with E-state index < -0.39 is 0 Å². The molecule has 5 nitrogen and oxygen atoms in total. The van der Waals surface area contributed by atoms with E-state index in [2.05, 4.69) is 9.97 Å². The van der Waals surface area contributed by atoms with Crippen molar-refractivity contribution in [2.75, 3.05) is 6.61 Å². The van der Waals surface area contributed by atoms with E-state index >= 15 is 0 Å². The Hall–Kier alpha value is -2.47. The minimum absolute atomic E-state index is 0.338. The van der Waals surface area contributed by atoms with E-state index in [0.717, 1.165) is 16.5 Å². The molecule has 23 heavy (non-hydrogen) atoms. The summed E-state index contributed by atoms with van der Waals surface area (Å²) >= 11 is 1.29. The normalized spacial score (nSPS) is 10.7. The van der Waals surface area contributed by atoms with Gasteiger partial charge < -0.3 is 9.47 Å². The average molecular weight is 328 g/mol. The molecule has 0 bridgehead atoms. The molecule has 0 saturated carbocycles. The Morgan fingerprint density at radius 2 is 1.91 bits per heavy atom. The number of aromatic nitrogens is 2. The van der Waals surface area contributed by atoms with E-state index in [-0.39, 0.29) is 5.97 Å². The summed E-state index contributed by atoms with van der Waals surface area (Å²) in [6, 6.07) is 7.71. The molecule has 0 spiro atoms. The molecule has 0 amide bonds. The van der Waals surface area contributed by atoms with E-state index in [1.54, 1.807) is 6.92 Å². The molecule has 0 N–H and O–H groups in total. The molecule has 0 aliphatic carbocycles. The highest BCUT2D eigenvalue weighted by Gasteiger charge is 2.21. The van der Waals surface area contributed by atoms with Gasteiger partial charge in [-0.3, -0.25) is 0 Å². The van der Waals surface area contributed by atoms with Crippen LogP contribution in [0.5, 0.6) is 11.6 Å². The fourth-order valence-corrected chi connectivity index (χ4v) is 3.26. The lowest BCUT2D eigenvalue weighted by Crippen LogP contribution is -2.03. The number of carbonyl (C=O) groups is 1. The zero-order valence-corrected chi connectivity index (χ0v) is 13.9. The molecular weight excluding hydrogens is 312 g/mol. The van der Waals surface area contributed by atoms with Crippen molar-refractivity contribution in [3.05, 3.63) is 46.6 Å². The smallest absolute Gasteiger partial charge is 0.348 e. The van der Waals surface area contributed by atoms with E-state index in [0.29, 0.717) is 27.9 Å². The highest BCUT2D eigenvalue weighted by atomic mass is 32.1. The van der Waals surface area contributed by atoms with Crippen LogP contribution < -0.4 is 4.74 Å². The largest absolute Gasteiger partial charge is 0.462 e. The zero-order chi connectivity index (χ0) is 16.4. The third-order valence-electron chi connectivity index (χ3n) is 3.39. The molecule has 1 aromatic carbocycles. The fraction of sp³-hybridized carbons (Fsp3) is 0.235. The summed E-state index contributed by atoms with van der Waals surface area (Å²) in [7, 11) is 0. The number of fused-ring (bicyclic) bond motifs is 1. The van der Waals surface area contributed by atoms with Crippen molar-refractivity contribution in [3.8, 4) is 11.6 Å². The summed E-state index contributed by atoms with van der Waals surface area (Å²) in [4.78, 5) is 21.8. The number of benzene rings is 1. The minimum atomic E-state index is -0.339. The number of rotatable bonds is 4. The van der Waals surface area contributed by atoms with Gasteiger partial charge in [-0.15, -0.1) is 11.3 Å². The van der Waals surface area contributed by atoms with Gasteiger partial charge in [0.1, 0.15) is 21.8 Å². The average Bonchev–Trinajstić information content (AvgIpc) is 2.88. The van der Waals surface area contributed by atoms with Gasteiger partial charge in [0, 0.05) is 0 Å². The molecular formula is C17H16N2O3S. The molecule has 0 unspecified atom stereocenters. The van der Waals surface area contributed by atoms with Gasteiger partial charge in [-0.25, -0.2) is 14.8 Å². The Morgan fingerprint density at radius 3 is 2.61 bits per heavy atom. The highest BCUT2D eigenvalue weighted by molar-refractivity contribution is 7.20. The lowest BCUT2D eigenvalue weighted by molar-refractivity contribution is 0.0531. The summed E-state index contributed by atoms with van der Waals surface area (Å²) in [5.74, 6) is 0.802. The van der Waals surface area contributed by atoms with Crippen LogP contribution in [0.15, 0.2) is 30.6 Å². The molecule has 0 fully saturated rings. The van der Waals surface area contributed by atoms with E-state index in [9.17, 15) is 4.79 Å². The molecule has 3 aromatic rings. The van der Waals surface area contributed by atoms with E-state index in [1.807, 2.05) is 38.1 Å². The van der Waals surface area contributed by atoms with Crippen molar-refractivity contribution in [1.82, 2.24) is 9.97 Å². The highest BCUT2D eigenvalue weighted by Crippen LogP contribution is 2.36. The van der Waals surface area contributed by atoms with Crippen molar-refractivity contribution in [3.63, 3.8) is 0 Å². The Labute approximate surface area is 137 Å². The van der Waals surface area contributed by atoms with Crippen molar-refractivity contribution in [1.29, 1.82) is 0 Å². The van der Waals surface area contributed by atoms with Crippen molar-refractivity contribution in [2.24, 2.45) is 0 Å². The summed E-state index contributed by atoms with van der Waals surface area (Å²) in [6.45, 7) is 6.00. The Kier molecular flexibility index (Phi) is 4.25. The first-order valence-corrected chi connectivity index (χ1v) is 8.07. The number of hydrogen-bond acceptors (Lipinski definition) is 6. The number of thiophene rings is 1. The Balaban J connectivity index is 2.04. The summed E-state index contributed by atoms with van der Waals surface area (Å²) in [5, 5.41) is 0.751. The third kappa shape index (κ3) is 3.03. The van der Waals surface area contributed by atoms with Gasteiger partial charge in [0.05, 0.1) is 12.0 Å². The maximum atomic E-state index is 12.0. The first-order valence-electron chi connectivity index (χ1n) is 7.26. The molecule has 2 aromatic heterocycles. The van der Waals surface area contributed by atoms with Crippen LogP contribution in [0.2, 0.25) is 0 Å². The van der Waals surface area contributed by atoms with Crippen molar-refractivity contribution < 1.29 is 14.3 Å². The van der Waals surface area contributed by atoms with Crippen LogP contribution in [-0.4, -0.2) is 22.5 Å². The second kappa shape index (κ2) is 6.34. The van der Waals surface area contributed by atoms with Gasteiger partial charge in [0.2, 0.25) is 5.88 Å². The molecule has 118 valence electrons. The van der Waals surface area contributed by atoms with Crippen LogP contribution >= 0.6 is 11.3 Å². The number of carbonyl (C=O) groups excluding carboxylic acids is 1. The number of nitrogens with zero attached hydrogens (tertiary/aromatic N) is 2. The van der Waals surface area contributed by atoms with Crippen LogP contribution in [0.4, 0.5) is 0 Å². The quantitative estimate of drug-likeness (QED) is 0.669. The van der Waals surface area contributed by atoms with Gasteiger partial charge in [-0.05, 0) is 38.5 Å². The van der Waals surface area contributed by atoms with E-state index in [4.69, 9.17) is 9.47 Å². The fourth-order valence-electron chi connectivity index (χ4n) is 2.23. The molecule has 2 heterocycles. The Morgan fingerprint density at radius 1 is 1.17 bits per heavy atom. The second-order valence-corrected chi connectivity index (χ2v) is 6.05. The molecule has 0 aliphatic rings. The maximum absolute atomic E-state index is 12.0. The van der Waals surface area contributed by atoms with Crippen LogP contribution in [0, 0.1) is 13.8 Å². The molecule has 0 atom stereocenters. The zero-order valence-electron chi connectivity index (χ0n) is 13.1. The summed E-state index contributed by atoms with van der Waals surface area (Å²) in [5.41, 5.74) is 1.94. The summed E-state index contributed by atoms with van der Waals surface area (Å²) in [6.07, 6.45) is 1.44. The molecule has 6 heteroatoms. The van der Waals surface area contributed by atoms with Crippen molar-refractivity contribution in [2.45, 2.75) is 20.8 Å². The number of esters is 1. The SMILES string of the molecule is CCOC(=O)c1sc2ncnc(Oc3ccc(C)cc3)c2c1C.